The molecule has 26 heavy (non-hydrogen) atoms. The summed E-state index contributed by atoms with van der Waals surface area (Å²) < 4.78 is 7.50. The first-order chi connectivity index (χ1) is 12.4. The van der Waals surface area contributed by atoms with E-state index in [9.17, 15) is 5.26 Å². The van der Waals surface area contributed by atoms with Gasteiger partial charge in [-0.15, -0.1) is 0 Å². The number of hydrogen-bond donors (Lipinski definition) is 1. The van der Waals surface area contributed by atoms with Crippen LogP contribution in [0.1, 0.15) is 31.9 Å². The van der Waals surface area contributed by atoms with Crippen molar-refractivity contribution in [3.8, 4) is 23.1 Å². The van der Waals surface area contributed by atoms with E-state index in [0.717, 1.165) is 16.9 Å². The third kappa shape index (κ3) is 3.55. The molecule has 5 heteroatoms. The monoisotopic (exact) mass is 346 g/mol. The topological polar surface area (TPSA) is 76.9 Å². The van der Waals surface area contributed by atoms with Crippen LogP contribution in [-0.2, 0) is 12.1 Å². The van der Waals surface area contributed by atoms with E-state index in [1.807, 2.05) is 75.4 Å². The van der Waals surface area contributed by atoms with Crippen LogP contribution < -0.4 is 10.5 Å². The van der Waals surface area contributed by atoms with Crippen LogP contribution in [0.5, 0.6) is 5.75 Å². The van der Waals surface area contributed by atoms with Crippen molar-refractivity contribution in [1.82, 2.24) is 9.78 Å². The summed E-state index contributed by atoms with van der Waals surface area (Å²) in [5, 5.41) is 14.1. The molecule has 5 nitrogen and oxygen atoms in total. The van der Waals surface area contributed by atoms with Gasteiger partial charge in [0.2, 0.25) is 0 Å². The fourth-order valence-corrected chi connectivity index (χ4v) is 2.70. The molecule has 1 aromatic heterocycles. The van der Waals surface area contributed by atoms with Gasteiger partial charge in [-0.1, -0.05) is 30.3 Å². The second-order valence-electron chi connectivity index (χ2n) is 7.10. The molecular formula is C21H22N4O. The smallest absolute Gasteiger partial charge is 0.141 e. The molecule has 0 aliphatic heterocycles. The van der Waals surface area contributed by atoms with Gasteiger partial charge in [0.15, 0.2) is 0 Å². The van der Waals surface area contributed by atoms with Crippen molar-refractivity contribution in [3.05, 3.63) is 65.7 Å². The largest absolute Gasteiger partial charge is 0.489 e. The van der Waals surface area contributed by atoms with Gasteiger partial charge < -0.3 is 10.5 Å². The number of rotatable bonds is 4. The maximum Gasteiger partial charge on any atom is 0.141 e. The van der Waals surface area contributed by atoms with Crippen molar-refractivity contribution in [1.29, 1.82) is 5.26 Å². The van der Waals surface area contributed by atoms with Gasteiger partial charge >= 0.3 is 0 Å². The third-order valence-electron chi connectivity index (χ3n) is 4.04. The van der Waals surface area contributed by atoms with Crippen LogP contribution in [0.2, 0.25) is 0 Å². The average Bonchev–Trinajstić information content (AvgIpc) is 2.98. The molecule has 0 aliphatic rings. The van der Waals surface area contributed by atoms with Crippen molar-refractivity contribution in [2.24, 2.45) is 0 Å². The Morgan fingerprint density at radius 2 is 1.73 bits per heavy atom. The number of aromatic nitrogens is 2. The molecule has 132 valence electrons. The lowest BCUT2D eigenvalue weighted by atomic mass is 10.1. The quantitative estimate of drug-likeness (QED) is 0.762. The standard InChI is InChI=1S/C21H22N4O/c1-21(2,3)25-20(23)18(13-22)19(24-25)16-9-11-17(12-10-16)26-14-15-7-5-4-6-8-15/h4-12H,14,23H2,1-3H3. The third-order valence-corrected chi connectivity index (χ3v) is 4.04. The molecule has 0 amide bonds. The highest BCUT2D eigenvalue weighted by atomic mass is 16.5. The lowest BCUT2D eigenvalue weighted by Gasteiger charge is -2.20. The SMILES string of the molecule is CC(C)(C)n1nc(-c2ccc(OCc3ccccc3)cc2)c(C#N)c1N. The Bertz CT molecular complexity index is 929. The highest BCUT2D eigenvalue weighted by Crippen LogP contribution is 2.31. The average molecular weight is 346 g/mol. The molecule has 3 aromatic rings. The zero-order valence-electron chi connectivity index (χ0n) is 15.2. The minimum atomic E-state index is -0.299. The Labute approximate surface area is 153 Å². The van der Waals surface area contributed by atoms with E-state index in [-0.39, 0.29) is 5.54 Å². The molecule has 1 heterocycles. The number of nitrogens with zero attached hydrogens (tertiary/aromatic N) is 3. The van der Waals surface area contributed by atoms with Gasteiger partial charge in [0, 0.05) is 5.56 Å². The summed E-state index contributed by atoms with van der Waals surface area (Å²) in [6.45, 7) is 6.51. The highest BCUT2D eigenvalue weighted by molar-refractivity contribution is 5.73. The molecule has 0 bridgehead atoms. The van der Waals surface area contributed by atoms with Crippen LogP contribution in [0.4, 0.5) is 5.82 Å². The Kier molecular flexibility index (Phi) is 4.68. The molecule has 2 N–H and O–H groups in total. The van der Waals surface area contributed by atoms with E-state index in [1.54, 1.807) is 4.68 Å². The second kappa shape index (κ2) is 6.93. The highest BCUT2D eigenvalue weighted by Gasteiger charge is 2.24. The maximum absolute atomic E-state index is 9.50. The van der Waals surface area contributed by atoms with Crippen LogP contribution in [-0.4, -0.2) is 9.78 Å². The van der Waals surface area contributed by atoms with E-state index < -0.39 is 0 Å². The molecule has 2 aromatic carbocycles. The second-order valence-corrected chi connectivity index (χ2v) is 7.10. The number of benzene rings is 2. The van der Waals surface area contributed by atoms with Crippen molar-refractivity contribution in [2.75, 3.05) is 5.73 Å². The van der Waals surface area contributed by atoms with E-state index >= 15 is 0 Å². The van der Waals surface area contributed by atoms with Crippen LogP contribution >= 0.6 is 0 Å². The van der Waals surface area contributed by atoms with Gasteiger partial charge in [0.25, 0.3) is 0 Å². The molecule has 0 aliphatic carbocycles. The summed E-state index contributed by atoms with van der Waals surface area (Å²) in [6, 6.07) is 19.7. The van der Waals surface area contributed by atoms with E-state index in [2.05, 4.69) is 11.2 Å². The summed E-state index contributed by atoms with van der Waals surface area (Å²) in [4.78, 5) is 0. The van der Waals surface area contributed by atoms with Gasteiger partial charge in [0.05, 0.1) is 5.54 Å². The summed E-state index contributed by atoms with van der Waals surface area (Å²) in [5.41, 5.74) is 8.77. The number of hydrogen-bond acceptors (Lipinski definition) is 4. The van der Waals surface area contributed by atoms with Crippen LogP contribution in [0, 0.1) is 11.3 Å². The summed E-state index contributed by atoms with van der Waals surface area (Å²) >= 11 is 0. The van der Waals surface area contributed by atoms with Gasteiger partial charge in [0.1, 0.15) is 35.5 Å². The minimum absolute atomic E-state index is 0.299. The molecule has 0 unspecified atom stereocenters. The van der Waals surface area contributed by atoms with Crippen molar-refractivity contribution < 1.29 is 4.74 Å². The lowest BCUT2D eigenvalue weighted by Crippen LogP contribution is -2.24. The van der Waals surface area contributed by atoms with Gasteiger partial charge in [-0.2, -0.15) is 10.4 Å². The molecule has 0 radical (unpaired) electrons. The fraction of sp³-hybridized carbons (Fsp3) is 0.238. The van der Waals surface area contributed by atoms with Crippen LogP contribution in [0.15, 0.2) is 54.6 Å². The van der Waals surface area contributed by atoms with Crippen LogP contribution in [0.25, 0.3) is 11.3 Å². The zero-order chi connectivity index (χ0) is 18.7. The molecule has 0 saturated heterocycles. The number of nitrogen functional groups attached to an aromatic ring is 1. The Morgan fingerprint density at radius 1 is 1.08 bits per heavy atom. The lowest BCUT2D eigenvalue weighted by molar-refractivity contribution is 0.306. The normalized spacial score (nSPS) is 11.2. The van der Waals surface area contributed by atoms with Crippen LogP contribution in [0.3, 0.4) is 0 Å². The summed E-state index contributed by atoms with van der Waals surface area (Å²) in [6.07, 6.45) is 0. The first-order valence-electron chi connectivity index (χ1n) is 8.46. The molecule has 0 saturated carbocycles. The van der Waals surface area contributed by atoms with Gasteiger partial charge in [-0.05, 0) is 50.6 Å². The zero-order valence-corrected chi connectivity index (χ0v) is 15.2. The van der Waals surface area contributed by atoms with Crippen molar-refractivity contribution >= 4 is 5.82 Å². The summed E-state index contributed by atoms with van der Waals surface area (Å²) in [5.74, 6) is 1.15. The van der Waals surface area contributed by atoms with E-state index in [4.69, 9.17) is 10.5 Å². The number of nitriles is 1. The Hall–Kier alpha value is -3.26. The first-order valence-corrected chi connectivity index (χ1v) is 8.46. The Balaban J connectivity index is 1.84. The number of nitrogens with two attached hydrogens (primary N) is 1. The minimum Gasteiger partial charge on any atom is -0.489 e. The summed E-state index contributed by atoms with van der Waals surface area (Å²) in [7, 11) is 0. The van der Waals surface area contributed by atoms with E-state index in [1.165, 1.54) is 0 Å². The number of anilines is 1. The molecule has 0 atom stereocenters. The Morgan fingerprint density at radius 3 is 2.31 bits per heavy atom. The molecule has 0 fully saturated rings. The molecular weight excluding hydrogens is 324 g/mol. The van der Waals surface area contributed by atoms with Crippen molar-refractivity contribution in [2.45, 2.75) is 32.9 Å². The molecule has 3 rings (SSSR count). The van der Waals surface area contributed by atoms with Crippen molar-refractivity contribution in [3.63, 3.8) is 0 Å². The van der Waals surface area contributed by atoms with Gasteiger partial charge in [-0.3, -0.25) is 0 Å². The predicted molar refractivity (Wildman–Crippen MR) is 103 cm³/mol. The fourth-order valence-electron chi connectivity index (χ4n) is 2.70. The maximum atomic E-state index is 9.50. The first kappa shape index (κ1) is 17.6. The van der Waals surface area contributed by atoms with Gasteiger partial charge in [-0.25, -0.2) is 4.68 Å². The predicted octanol–water partition coefficient (Wildman–Crippen LogP) is 4.34. The molecule has 0 spiro atoms. The van der Waals surface area contributed by atoms with E-state index in [0.29, 0.717) is 23.7 Å². The number of ether oxygens (including phenoxy) is 1.